The summed E-state index contributed by atoms with van der Waals surface area (Å²) < 4.78 is 52.8. The first-order valence-electron chi connectivity index (χ1n) is 9.42. The number of rotatable bonds is 10. The summed E-state index contributed by atoms with van der Waals surface area (Å²) in [7, 11) is -8.68. The van der Waals surface area contributed by atoms with Crippen LogP contribution < -0.4 is 0 Å². The van der Waals surface area contributed by atoms with Crippen LogP contribution in [-0.2, 0) is 19.7 Å². The van der Waals surface area contributed by atoms with Crippen molar-refractivity contribution in [3.8, 4) is 12.3 Å². The van der Waals surface area contributed by atoms with E-state index in [4.69, 9.17) is 6.42 Å². The zero-order valence-corrected chi connectivity index (χ0v) is 18.2. The van der Waals surface area contributed by atoms with E-state index >= 15 is 0 Å². The van der Waals surface area contributed by atoms with Crippen LogP contribution in [0.5, 0.6) is 0 Å². The van der Waals surface area contributed by atoms with Gasteiger partial charge in [0.1, 0.15) is 0 Å². The molecule has 0 amide bonds. The van der Waals surface area contributed by atoms with Crippen LogP contribution in [0.4, 0.5) is 0 Å². The van der Waals surface area contributed by atoms with E-state index in [9.17, 15) is 16.8 Å². The fourth-order valence-electron chi connectivity index (χ4n) is 3.27. The van der Waals surface area contributed by atoms with Crippen LogP contribution in [0.25, 0.3) is 0 Å². The monoisotopic (exact) mass is 430 g/mol. The van der Waals surface area contributed by atoms with Gasteiger partial charge in [0.05, 0.1) is 9.79 Å². The second-order valence-electron chi connectivity index (χ2n) is 6.95. The highest BCUT2D eigenvalue weighted by Gasteiger charge is 2.55. The molecule has 0 aliphatic rings. The molecule has 0 N–H and O–H groups in total. The summed E-state index contributed by atoms with van der Waals surface area (Å²) in [5.74, 6) is 2.32. The van der Waals surface area contributed by atoms with Gasteiger partial charge in [-0.15, -0.1) is 12.3 Å². The van der Waals surface area contributed by atoms with Gasteiger partial charge in [-0.1, -0.05) is 61.9 Å². The summed E-state index contributed by atoms with van der Waals surface area (Å²) in [6.45, 7) is 5.98. The van der Waals surface area contributed by atoms with Gasteiger partial charge in [0.15, 0.2) is 23.8 Å². The van der Waals surface area contributed by atoms with E-state index in [1.54, 1.807) is 36.4 Å². The summed E-state index contributed by atoms with van der Waals surface area (Å²) in [5, 5.41) is 0. The highest BCUT2D eigenvalue weighted by molar-refractivity contribution is 8.10. The maximum absolute atomic E-state index is 13.8. The molecule has 0 saturated carbocycles. The molecule has 6 heteroatoms. The average molecular weight is 431 g/mol. The molecule has 0 atom stereocenters. The molecule has 0 saturated heterocycles. The Labute approximate surface area is 174 Å². The molecule has 0 aromatic heterocycles. The molecule has 29 heavy (non-hydrogen) atoms. The molecule has 2 rings (SSSR count). The lowest BCUT2D eigenvalue weighted by molar-refractivity contribution is 0.532. The molecular formula is C23H26O4S2. The van der Waals surface area contributed by atoms with E-state index in [2.05, 4.69) is 12.5 Å². The van der Waals surface area contributed by atoms with Gasteiger partial charge < -0.3 is 0 Å². The second-order valence-corrected chi connectivity index (χ2v) is 11.7. The number of sulfone groups is 2. The SMILES string of the molecule is C#CCC(CC(=C)CCCC)(S(=O)(=O)c1ccccc1)S(=O)(=O)c1ccccc1. The molecule has 0 aliphatic carbocycles. The summed E-state index contributed by atoms with van der Waals surface area (Å²) in [6, 6.07) is 15.2. The fraction of sp³-hybridized carbons (Fsp3) is 0.304. The third-order valence-electron chi connectivity index (χ3n) is 4.86. The first-order valence-corrected chi connectivity index (χ1v) is 12.4. The lowest BCUT2D eigenvalue weighted by atomic mass is 10.0. The number of terminal acetylenes is 1. The van der Waals surface area contributed by atoms with Crippen molar-refractivity contribution in [2.24, 2.45) is 0 Å². The van der Waals surface area contributed by atoms with Gasteiger partial charge in [-0.25, -0.2) is 16.8 Å². The zero-order valence-electron chi connectivity index (χ0n) is 16.5. The molecule has 0 spiro atoms. The Morgan fingerprint density at radius 1 is 0.931 bits per heavy atom. The molecule has 2 aromatic carbocycles. The molecule has 2 aromatic rings. The van der Waals surface area contributed by atoms with Gasteiger partial charge in [0, 0.05) is 12.8 Å². The van der Waals surface area contributed by atoms with Crippen LogP contribution in [0, 0.1) is 12.3 Å². The topological polar surface area (TPSA) is 68.3 Å². The van der Waals surface area contributed by atoms with Gasteiger partial charge in [0.2, 0.25) is 0 Å². The predicted molar refractivity (Wildman–Crippen MR) is 117 cm³/mol. The fourth-order valence-corrected chi connectivity index (χ4v) is 8.23. The Kier molecular flexibility index (Phi) is 7.45. The summed E-state index contributed by atoms with van der Waals surface area (Å²) in [6.07, 6.45) is 7.04. The summed E-state index contributed by atoms with van der Waals surface area (Å²) in [5.41, 5.74) is 0.557. The van der Waals surface area contributed by atoms with Crippen molar-refractivity contribution in [1.82, 2.24) is 0 Å². The van der Waals surface area contributed by atoms with Crippen molar-refractivity contribution in [1.29, 1.82) is 0 Å². The smallest absolute Gasteiger partial charge is 0.200 e. The molecule has 0 unspecified atom stereocenters. The second kappa shape index (κ2) is 9.43. The summed E-state index contributed by atoms with van der Waals surface area (Å²) >= 11 is 0. The van der Waals surface area contributed by atoms with E-state index in [1.165, 1.54) is 24.3 Å². The Balaban J connectivity index is 2.78. The third kappa shape index (κ3) is 4.47. The lowest BCUT2D eigenvalue weighted by Crippen LogP contribution is -2.46. The van der Waals surface area contributed by atoms with E-state index < -0.39 is 30.2 Å². The third-order valence-corrected chi connectivity index (χ3v) is 10.5. The Morgan fingerprint density at radius 3 is 1.76 bits per heavy atom. The van der Waals surface area contributed by atoms with Crippen LogP contribution in [0.1, 0.15) is 39.0 Å². The van der Waals surface area contributed by atoms with Gasteiger partial charge in [0.25, 0.3) is 0 Å². The van der Waals surface area contributed by atoms with Crippen molar-refractivity contribution in [2.45, 2.75) is 52.9 Å². The molecule has 0 bridgehead atoms. The van der Waals surface area contributed by atoms with Gasteiger partial charge in [-0.2, -0.15) is 0 Å². The zero-order chi connectivity index (χ0) is 21.5. The number of allylic oxidation sites excluding steroid dienone is 1. The van der Waals surface area contributed by atoms with Crippen LogP contribution in [0.15, 0.2) is 82.6 Å². The van der Waals surface area contributed by atoms with Crippen molar-refractivity contribution in [2.75, 3.05) is 0 Å². The molecule has 154 valence electrons. The van der Waals surface area contributed by atoms with Crippen LogP contribution in [0.3, 0.4) is 0 Å². The minimum absolute atomic E-state index is 0.0713. The number of hydrogen-bond donors (Lipinski definition) is 0. The molecule has 0 aliphatic heterocycles. The summed E-state index contributed by atoms with van der Waals surface area (Å²) in [4.78, 5) is -0.143. The van der Waals surface area contributed by atoms with Crippen LogP contribution in [-0.4, -0.2) is 20.9 Å². The van der Waals surface area contributed by atoms with E-state index in [0.29, 0.717) is 12.0 Å². The number of benzene rings is 2. The van der Waals surface area contributed by atoms with Gasteiger partial charge in [-0.05, 0) is 37.1 Å². The van der Waals surface area contributed by atoms with E-state index in [0.717, 1.165) is 12.8 Å². The van der Waals surface area contributed by atoms with Crippen molar-refractivity contribution < 1.29 is 16.8 Å². The molecule has 4 nitrogen and oxygen atoms in total. The lowest BCUT2D eigenvalue weighted by Gasteiger charge is -2.32. The standard InChI is InChI=1S/C23H26O4S2/c1-4-6-13-20(3)19-23(18-5-2,28(24,25)21-14-9-7-10-15-21)29(26,27)22-16-11-8-12-17-22/h2,7-12,14-17H,3-4,6,13,18-19H2,1H3. The van der Waals surface area contributed by atoms with Crippen molar-refractivity contribution in [3.63, 3.8) is 0 Å². The Morgan fingerprint density at radius 2 is 1.38 bits per heavy atom. The minimum Gasteiger partial charge on any atom is -0.222 e. The normalized spacial score (nSPS) is 12.3. The van der Waals surface area contributed by atoms with Crippen LogP contribution in [0.2, 0.25) is 0 Å². The van der Waals surface area contributed by atoms with Crippen LogP contribution >= 0.6 is 0 Å². The van der Waals surface area contributed by atoms with Crippen molar-refractivity contribution >= 4 is 19.7 Å². The molecule has 0 heterocycles. The first kappa shape index (κ1) is 22.9. The van der Waals surface area contributed by atoms with Gasteiger partial charge >= 0.3 is 0 Å². The average Bonchev–Trinajstić information content (AvgIpc) is 2.72. The predicted octanol–water partition coefficient (Wildman–Crippen LogP) is 4.79. The molecular weight excluding hydrogens is 404 g/mol. The maximum Gasteiger partial charge on any atom is 0.200 e. The quantitative estimate of drug-likeness (QED) is 0.401. The maximum atomic E-state index is 13.8. The van der Waals surface area contributed by atoms with E-state index in [1.807, 2.05) is 6.92 Å². The van der Waals surface area contributed by atoms with E-state index in [-0.39, 0.29) is 16.2 Å². The number of unbranched alkanes of at least 4 members (excludes halogenated alkanes) is 1. The highest BCUT2D eigenvalue weighted by Crippen LogP contribution is 2.43. The first-order chi connectivity index (χ1) is 13.7. The molecule has 0 fully saturated rings. The minimum atomic E-state index is -4.34. The van der Waals surface area contributed by atoms with Crippen molar-refractivity contribution in [3.05, 3.63) is 72.8 Å². The highest BCUT2D eigenvalue weighted by atomic mass is 32.3. The number of hydrogen-bond acceptors (Lipinski definition) is 4. The largest absolute Gasteiger partial charge is 0.222 e. The van der Waals surface area contributed by atoms with Gasteiger partial charge in [-0.3, -0.25) is 0 Å². The molecule has 0 radical (unpaired) electrons. The Hall–Kier alpha value is -2.36. The Bertz CT molecular complexity index is 1010.